The molecular formula is C19H23ClN2O5. The van der Waals surface area contributed by atoms with Crippen LogP contribution >= 0.6 is 11.6 Å². The maximum Gasteiger partial charge on any atom is 0.345 e. The van der Waals surface area contributed by atoms with E-state index in [2.05, 4.69) is 4.98 Å². The third-order valence-electron chi connectivity index (χ3n) is 3.66. The van der Waals surface area contributed by atoms with Crippen LogP contribution in [0.5, 0.6) is 0 Å². The molecule has 0 aliphatic heterocycles. The van der Waals surface area contributed by atoms with Crippen LogP contribution in [0.25, 0.3) is 11.4 Å². The van der Waals surface area contributed by atoms with Crippen molar-refractivity contribution in [3.63, 3.8) is 0 Å². The van der Waals surface area contributed by atoms with Gasteiger partial charge in [-0.3, -0.25) is 9.36 Å². The van der Waals surface area contributed by atoms with Gasteiger partial charge in [0.05, 0.1) is 13.2 Å². The Morgan fingerprint density at radius 1 is 1.19 bits per heavy atom. The van der Waals surface area contributed by atoms with Gasteiger partial charge >= 0.3 is 5.97 Å². The SMILES string of the molecule is CCOC(=O)c1cnc(-c2cccc(Cl)c2)n(CC(OCC)OCC)c1=O. The molecule has 0 fully saturated rings. The van der Waals surface area contributed by atoms with Gasteiger partial charge in [-0.25, -0.2) is 9.78 Å². The van der Waals surface area contributed by atoms with Crippen LogP contribution in [0.4, 0.5) is 0 Å². The number of esters is 1. The number of carbonyl (C=O) groups is 1. The largest absolute Gasteiger partial charge is 0.462 e. The normalized spacial score (nSPS) is 11.0. The van der Waals surface area contributed by atoms with Gasteiger partial charge < -0.3 is 14.2 Å². The summed E-state index contributed by atoms with van der Waals surface area (Å²) in [6, 6.07) is 6.96. The summed E-state index contributed by atoms with van der Waals surface area (Å²) in [4.78, 5) is 29.4. The molecule has 1 heterocycles. The Hall–Kier alpha value is -2.22. The quantitative estimate of drug-likeness (QED) is 0.480. The molecule has 1 aromatic heterocycles. The van der Waals surface area contributed by atoms with Crippen LogP contribution in [-0.4, -0.2) is 41.6 Å². The zero-order chi connectivity index (χ0) is 19.8. The van der Waals surface area contributed by atoms with Crippen molar-refractivity contribution in [1.82, 2.24) is 9.55 Å². The van der Waals surface area contributed by atoms with Crippen LogP contribution in [-0.2, 0) is 20.8 Å². The molecule has 8 heteroatoms. The van der Waals surface area contributed by atoms with Gasteiger partial charge in [0.1, 0.15) is 11.4 Å². The van der Waals surface area contributed by atoms with Gasteiger partial charge in [-0.2, -0.15) is 0 Å². The van der Waals surface area contributed by atoms with Crippen LogP contribution in [0.2, 0.25) is 5.02 Å². The average molecular weight is 395 g/mol. The lowest BCUT2D eigenvalue weighted by Crippen LogP contribution is -2.35. The predicted octanol–water partition coefficient (Wildman–Crippen LogP) is 3.14. The summed E-state index contributed by atoms with van der Waals surface area (Å²) in [6.45, 7) is 6.40. The Labute approximate surface area is 162 Å². The lowest BCUT2D eigenvalue weighted by molar-refractivity contribution is -0.143. The molecule has 0 N–H and O–H groups in total. The number of ether oxygens (including phenoxy) is 3. The first-order chi connectivity index (χ1) is 13.0. The summed E-state index contributed by atoms with van der Waals surface area (Å²) in [6.07, 6.45) is 0.568. The van der Waals surface area contributed by atoms with Gasteiger partial charge in [0, 0.05) is 30.0 Å². The minimum atomic E-state index is -0.717. The van der Waals surface area contributed by atoms with E-state index in [1.165, 1.54) is 10.8 Å². The highest BCUT2D eigenvalue weighted by molar-refractivity contribution is 6.30. The van der Waals surface area contributed by atoms with Crippen molar-refractivity contribution in [2.75, 3.05) is 19.8 Å². The van der Waals surface area contributed by atoms with Gasteiger partial charge in [-0.05, 0) is 32.9 Å². The molecule has 146 valence electrons. The van der Waals surface area contributed by atoms with E-state index < -0.39 is 17.8 Å². The van der Waals surface area contributed by atoms with Crippen LogP contribution in [0.15, 0.2) is 35.3 Å². The smallest absolute Gasteiger partial charge is 0.345 e. The van der Waals surface area contributed by atoms with Crippen molar-refractivity contribution in [3.8, 4) is 11.4 Å². The molecule has 0 unspecified atom stereocenters. The molecule has 0 bridgehead atoms. The number of hydrogen-bond acceptors (Lipinski definition) is 6. The monoisotopic (exact) mass is 394 g/mol. The molecule has 0 amide bonds. The topological polar surface area (TPSA) is 79.7 Å². The second-order valence-corrected chi connectivity index (χ2v) is 5.92. The fourth-order valence-corrected chi connectivity index (χ4v) is 2.73. The average Bonchev–Trinajstić information content (AvgIpc) is 2.63. The Morgan fingerprint density at radius 2 is 1.89 bits per heavy atom. The van der Waals surface area contributed by atoms with Gasteiger partial charge in [-0.1, -0.05) is 23.7 Å². The highest BCUT2D eigenvalue weighted by Crippen LogP contribution is 2.21. The predicted molar refractivity (Wildman–Crippen MR) is 102 cm³/mol. The molecule has 0 spiro atoms. The molecule has 2 rings (SSSR count). The van der Waals surface area contributed by atoms with E-state index in [0.717, 1.165) is 0 Å². The molecule has 7 nitrogen and oxygen atoms in total. The van der Waals surface area contributed by atoms with Crippen molar-refractivity contribution in [1.29, 1.82) is 0 Å². The molecular weight excluding hydrogens is 372 g/mol. The van der Waals surface area contributed by atoms with Crippen molar-refractivity contribution in [2.45, 2.75) is 33.6 Å². The standard InChI is InChI=1S/C19H23ClN2O5/c1-4-25-16(26-5-2)12-22-17(13-8-7-9-14(20)10-13)21-11-15(18(22)23)19(24)27-6-3/h7-11,16H,4-6,12H2,1-3H3. The third-order valence-corrected chi connectivity index (χ3v) is 3.90. The number of hydrogen-bond donors (Lipinski definition) is 0. The minimum absolute atomic E-state index is 0.0720. The third kappa shape index (κ3) is 5.38. The number of aromatic nitrogens is 2. The van der Waals surface area contributed by atoms with Gasteiger partial charge in [0.2, 0.25) is 0 Å². The number of halogens is 1. The van der Waals surface area contributed by atoms with Gasteiger partial charge in [-0.15, -0.1) is 0 Å². The molecule has 27 heavy (non-hydrogen) atoms. The number of rotatable bonds is 9. The van der Waals surface area contributed by atoms with E-state index in [4.69, 9.17) is 25.8 Å². The first kappa shape index (κ1) is 21.1. The molecule has 0 saturated heterocycles. The van der Waals surface area contributed by atoms with Crippen molar-refractivity contribution >= 4 is 17.6 Å². The van der Waals surface area contributed by atoms with E-state index in [-0.39, 0.29) is 18.7 Å². The zero-order valence-electron chi connectivity index (χ0n) is 15.6. The van der Waals surface area contributed by atoms with E-state index in [1.807, 2.05) is 13.8 Å². The van der Waals surface area contributed by atoms with E-state index in [1.54, 1.807) is 31.2 Å². The van der Waals surface area contributed by atoms with Crippen molar-refractivity contribution in [2.24, 2.45) is 0 Å². The lowest BCUT2D eigenvalue weighted by atomic mass is 10.2. The molecule has 2 aromatic rings. The van der Waals surface area contributed by atoms with Crippen LogP contribution in [0.3, 0.4) is 0 Å². The second kappa shape index (κ2) is 10.2. The summed E-state index contributed by atoms with van der Waals surface area (Å²) in [5.74, 6) is -0.356. The maximum atomic E-state index is 13.0. The summed E-state index contributed by atoms with van der Waals surface area (Å²) in [5, 5.41) is 0.508. The van der Waals surface area contributed by atoms with Crippen molar-refractivity contribution < 1.29 is 19.0 Å². The van der Waals surface area contributed by atoms with E-state index in [9.17, 15) is 9.59 Å². The second-order valence-electron chi connectivity index (χ2n) is 5.48. The molecule has 0 radical (unpaired) electrons. The van der Waals surface area contributed by atoms with E-state index in [0.29, 0.717) is 29.6 Å². The molecule has 0 aliphatic rings. The first-order valence-electron chi connectivity index (χ1n) is 8.77. The Morgan fingerprint density at radius 3 is 2.48 bits per heavy atom. The molecule has 0 saturated carbocycles. The first-order valence-corrected chi connectivity index (χ1v) is 9.15. The summed E-state index contributed by atoms with van der Waals surface area (Å²) < 4.78 is 17.4. The Kier molecular flexibility index (Phi) is 7.97. The highest BCUT2D eigenvalue weighted by atomic mass is 35.5. The summed E-state index contributed by atoms with van der Waals surface area (Å²) in [5.41, 5.74) is -0.0287. The lowest BCUT2D eigenvalue weighted by Gasteiger charge is -2.20. The Balaban J connectivity index is 2.57. The number of nitrogens with zero attached hydrogens (tertiary/aromatic N) is 2. The van der Waals surface area contributed by atoms with Crippen LogP contribution < -0.4 is 5.56 Å². The van der Waals surface area contributed by atoms with Gasteiger partial charge in [0.25, 0.3) is 5.56 Å². The maximum absolute atomic E-state index is 13.0. The number of benzene rings is 1. The van der Waals surface area contributed by atoms with E-state index >= 15 is 0 Å². The summed E-state index contributed by atoms with van der Waals surface area (Å²) >= 11 is 6.08. The fraction of sp³-hybridized carbons (Fsp3) is 0.421. The van der Waals surface area contributed by atoms with Crippen LogP contribution in [0.1, 0.15) is 31.1 Å². The Bertz CT molecular complexity index is 831. The minimum Gasteiger partial charge on any atom is -0.462 e. The van der Waals surface area contributed by atoms with Gasteiger partial charge in [0.15, 0.2) is 6.29 Å². The molecule has 0 atom stereocenters. The van der Waals surface area contributed by atoms with Crippen LogP contribution in [0, 0.1) is 0 Å². The number of carbonyl (C=O) groups excluding carboxylic acids is 1. The van der Waals surface area contributed by atoms with Crippen molar-refractivity contribution in [3.05, 3.63) is 51.4 Å². The fourth-order valence-electron chi connectivity index (χ4n) is 2.54. The highest BCUT2D eigenvalue weighted by Gasteiger charge is 2.21. The molecule has 1 aromatic carbocycles. The molecule has 0 aliphatic carbocycles. The zero-order valence-corrected chi connectivity index (χ0v) is 16.4. The summed E-state index contributed by atoms with van der Waals surface area (Å²) in [7, 11) is 0.